The van der Waals surface area contributed by atoms with Crippen LogP contribution in [-0.2, 0) is 18.9 Å². The molecule has 0 aromatic heterocycles. The Labute approximate surface area is 43.8 Å². The maximum atomic E-state index is 9.56. The van der Waals surface area contributed by atoms with Crippen molar-refractivity contribution in [2.45, 2.75) is 0 Å². The second kappa shape index (κ2) is 3.69. The summed E-state index contributed by atoms with van der Waals surface area (Å²) in [6, 6.07) is 0. The first-order valence-corrected chi connectivity index (χ1v) is 3.75. The number of hydrogen-bond donors (Lipinski definition) is 1. The van der Waals surface area contributed by atoms with Crippen LogP contribution in [0.1, 0.15) is 0 Å². The fourth-order valence-electron chi connectivity index (χ4n) is 0.0239. The third-order valence-corrected chi connectivity index (χ3v) is 0.576. The highest BCUT2D eigenvalue weighted by Gasteiger charge is 1.86. The molecule has 1 atom stereocenters. The summed E-state index contributed by atoms with van der Waals surface area (Å²) in [6.07, 6.45) is 0. The smallest absolute Gasteiger partial charge is 0.220 e. The van der Waals surface area contributed by atoms with Crippen LogP contribution in [0.15, 0.2) is 0 Å². The summed E-state index contributed by atoms with van der Waals surface area (Å²) >= 11 is 2.40. The second-order valence-electron chi connectivity index (χ2n) is 0.337. The molecule has 0 heterocycles. The molecule has 0 radical (unpaired) electrons. The molecule has 6 heavy (non-hydrogen) atoms. The molecule has 0 saturated carbocycles. The summed E-state index contributed by atoms with van der Waals surface area (Å²) in [5, 5.41) is 10.2. The lowest BCUT2D eigenvalue weighted by Gasteiger charge is -1.80. The number of rotatable bonds is 2. The molecule has 6 heteroatoms. The number of halogens is 1. The molecule has 1 N–H and O–H groups in total. The van der Waals surface area contributed by atoms with Gasteiger partial charge in [0.2, 0.25) is 0 Å². The van der Waals surface area contributed by atoms with Gasteiger partial charge >= 0.3 is 0 Å². The van der Waals surface area contributed by atoms with E-state index in [9.17, 15) is 4.21 Å². The van der Waals surface area contributed by atoms with Crippen LogP contribution in [0.2, 0.25) is 0 Å². The number of hydrogen-bond acceptors (Lipinski definition) is 4. The zero-order valence-corrected chi connectivity index (χ0v) is 4.86. The molecule has 0 saturated heterocycles. The Morgan fingerprint density at radius 3 is 2.33 bits per heavy atom. The molecular weight excluding hydrogens is 176 g/mol. The molecule has 1 unspecified atom stereocenters. The van der Waals surface area contributed by atoms with Crippen molar-refractivity contribution in [2.75, 3.05) is 0 Å². The molecule has 0 aliphatic carbocycles. The second-order valence-corrected chi connectivity index (χ2v) is 2.45. The van der Waals surface area contributed by atoms with Crippen molar-refractivity contribution < 1.29 is 18.8 Å². The molecule has 38 valence electrons. The van der Waals surface area contributed by atoms with E-state index in [-0.39, 0.29) is 0 Å². The van der Waals surface area contributed by atoms with Gasteiger partial charge in [0.15, 0.2) is 0 Å². The van der Waals surface area contributed by atoms with Gasteiger partial charge in [0.1, 0.15) is 0 Å². The zero-order chi connectivity index (χ0) is 4.99. The van der Waals surface area contributed by atoms with Gasteiger partial charge in [0, 0.05) is 0 Å². The van der Waals surface area contributed by atoms with E-state index in [1.165, 1.54) is 0 Å². The highest BCUT2D eigenvalue weighted by Crippen LogP contribution is 1.91. The van der Waals surface area contributed by atoms with Gasteiger partial charge in [-0.1, -0.05) is 9.37 Å². The Morgan fingerprint density at radius 2 is 2.33 bits per heavy atom. The third kappa shape index (κ3) is 4.51. The maximum Gasteiger partial charge on any atom is 0.259 e. The van der Waals surface area contributed by atoms with Gasteiger partial charge in [-0.25, -0.2) is 9.47 Å². The first-order valence-electron chi connectivity index (χ1n) is 0.837. The van der Waals surface area contributed by atoms with Gasteiger partial charge in [-0.2, -0.15) is 0 Å². The van der Waals surface area contributed by atoms with Crippen LogP contribution >= 0.6 is 14.8 Å². The SMILES string of the molecule is O=S(Br)OOO. The lowest BCUT2D eigenvalue weighted by molar-refractivity contribution is -0.433. The van der Waals surface area contributed by atoms with Crippen molar-refractivity contribution in [1.82, 2.24) is 0 Å². The summed E-state index contributed by atoms with van der Waals surface area (Å²) in [4.78, 5) is 0. The van der Waals surface area contributed by atoms with Crippen LogP contribution in [-0.4, -0.2) is 9.47 Å². The first-order chi connectivity index (χ1) is 2.77. The Hall–Kier alpha value is 0.510. The van der Waals surface area contributed by atoms with E-state index >= 15 is 0 Å². The van der Waals surface area contributed by atoms with Gasteiger partial charge in [-0.15, -0.1) is 0 Å². The predicted molar refractivity (Wildman–Crippen MR) is 21.9 cm³/mol. The average Bonchev–Trinajstić information content (AvgIpc) is 1.35. The average molecular weight is 177 g/mol. The van der Waals surface area contributed by atoms with Crippen molar-refractivity contribution in [1.29, 1.82) is 0 Å². The van der Waals surface area contributed by atoms with Crippen LogP contribution in [0.3, 0.4) is 0 Å². The van der Waals surface area contributed by atoms with Gasteiger partial charge in [-0.3, -0.25) is 0 Å². The summed E-state index contributed by atoms with van der Waals surface area (Å²) in [7, 11) is -1.73. The van der Waals surface area contributed by atoms with E-state index in [0.717, 1.165) is 0 Å². The Balaban J connectivity index is 2.83. The van der Waals surface area contributed by atoms with E-state index in [1.54, 1.807) is 0 Å². The van der Waals surface area contributed by atoms with Crippen molar-refractivity contribution >= 4 is 24.3 Å². The Bertz CT molecular complexity index is 51.5. The molecule has 0 fully saturated rings. The summed E-state index contributed by atoms with van der Waals surface area (Å²) in [6.45, 7) is 0. The minimum atomic E-state index is -1.73. The molecule has 0 bridgehead atoms. The van der Waals surface area contributed by atoms with Crippen molar-refractivity contribution in [2.24, 2.45) is 0 Å². The fraction of sp³-hybridized carbons (Fsp3) is 0. The largest absolute Gasteiger partial charge is 0.259 e. The standard InChI is InChI=1S/BrHO4S/c1-6(3)5-4-2/h2H. The fourth-order valence-corrected chi connectivity index (χ4v) is 0.217. The van der Waals surface area contributed by atoms with Crippen LogP contribution in [0.4, 0.5) is 0 Å². The molecule has 0 spiro atoms. The molecular formula is HBrO4S. The summed E-state index contributed by atoms with van der Waals surface area (Å²) < 4.78 is 13.1. The normalized spacial score (nSPS) is 14.3. The molecule has 0 aromatic rings. The molecule has 0 amide bonds. The minimum absolute atomic E-state index is 1.73. The summed E-state index contributed by atoms with van der Waals surface area (Å²) in [5.41, 5.74) is 0. The third-order valence-electron chi connectivity index (χ3n) is 0.0839. The predicted octanol–water partition coefficient (Wildman–Crippen LogP) is 0.381. The monoisotopic (exact) mass is 176 g/mol. The lowest BCUT2D eigenvalue weighted by Crippen LogP contribution is -1.84. The van der Waals surface area contributed by atoms with Crippen molar-refractivity contribution in [3.63, 3.8) is 0 Å². The Morgan fingerprint density at radius 1 is 1.83 bits per heavy atom. The topological polar surface area (TPSA) is 55.8 Å². The van der Waals surface area contributed by atoms with Gasteiger partial charge in [-0.05, 0) is 0 Å². The highest BCUT2D eigenvalue weighted by molar-refractivity contribution is 9.45. The lowest BCUT2D eigenvalue weighted by atomic mass is 14.6. The van der Waals surface area contributed by atoms with E-state index < -0.39 is 9.51 Å². The Kier molecular flexibility index (Phi) is 4.01. The van der Waals surface area contributed by atoms with E-state index in [0.29, 0.717) is 0 Å². The van der Waals surface area contributed by atoms with Crippen molar-refractivity contribution in [3.8, 4) is 0 Å². The zero-order valence-electron chi connectivity index (χ0n) is 2.46. The molecule has 0 aliphatic rings. The van der Waals surface area contributed by atoms with Gasteiger partial charge in [0.25, 0.3) is 9.51 Å². The molecule has 0 aromatic carbocycles. The first kappa shape index (κ1) is 6.51. The van der Waals surface area contributed by atoms with Crippen LogP contribution in [0.25, 0.3) is 0 Å². The van der Waals surface area contributed by atoms with Crippen LogP contribution in [0, 0.1) is 0 Å². The van der Waals surface area contributed by atoms with E-state index in [2.05, 4.69) is 24.2 Å². The van der Waals surface area contributed by atoms with E-state index in [4.69, 9.17) is 5.26 Å². The van der Waals surface area contributed by atoms with Gasteiger partial charge < -0.3 is 0 Å². The van der Waals surface area contributed by atoms with Crippen molar-refractivity contribution in [3.05, 3.63) is 0 Å². The molecule has 4 nitrogen and oxygen atoms in total. The van der Waals surface area contributed by atoms with Gasteiger partial charge in [0.05, 0.1) is 14.8 Å². The maximum absolute atomic E-state index is 9.56. The van der Waals surface area contributed by atoms with E-state index in [1.807, 2.05) is 0 Å². The molecule has 0 aliphatic heterocycles. The quantitative estimate of drug-likeness (QED) is 0.376. The van der Waals surface area contributed by atoms with Crippen LogP contribution < -0.4 is 0 Å². The summed E-state index contributed by atoms with van der Waals surface area (Å²) in [5.74, 6) is 0. The minimum Gasteiger partial charge on any atom is -0.220 e. The highest BCUT2D eigenvalue weighted by atomic mass is 79.9. The van der Waals surface area contributed by atoms with Crippen LogP contribution in [0.5, 0.6) is 0 Å². The molecule has 0 rings (SSSR count).